The largest absolute Gasteiger partial charge is 0.494 e. The van der Waals surface area contributed by atoms with Gasteiger partial charge in [0, 0.05) is 10.9 Å². The van der Waals surface area contributed by atoms with Crippen LogP contribution in [0, 0.1) is 0 Å². The standard InChI is InChI=1S/C23H19N7O.CO2/c1-31-20-12-6-10-17-21(26-23(24)27-22(17)20)19-14-30(29-28-19)13-16-9-5-11-18(25-16)15-7-3-2-4-8-15;2-1-3/h2-12,14H,13H2,1H3,(H2,24,26,27);. The van der Waals surface area contributed by atoms with E-state index in [1.54, 1.807) is 11.8 Å². The van der Waals surface area contributed by atoms with Crippen LogP contribution in [0.5, 0.6) is 5.75 Å². The van der Waals surface area contributed by atoms with Crippen LogP contribution in [0.2, 0.25) is 0 Å². The Morgan fingerprint density at radius 3 is 2.44 bits per heavy atom. The monoisotopic (exact) mass is 453 g/mol. The van der Waals surface area contributed by atoms with Crippen LogP contribution >= 0.6 is 0 Å². The third-order valence-corrected chi connectivity index (χ3v) is 4.91. The Hall–Kier alpha value is -4.95. The number of hydrogen-bond donors (Lipinski definition) is 1. The van der Waals surface area contributed by atoms with Crippen molar-refractivity contribution >= 4 is 23.0 Å². The summed E-state index contributed by atoms with van der Waals surface area (Å²) in [5.74, 6) is 0.779. The predicted molar refractivity (Wildman–Crippen MR) is 123 cm³/mol. The second kappa shape index (κ2) is 10.1. The fourth-order valence-electron chi connectivity index (χ4n) is 3.49. The summed E-state index contributed by atoms with van der Waals surface area (Å²) >= 11 is 0. The molecule has 0 saturated heterocycles. The third-order valence-electron chi connectivity index (χ3n) is 4.91. The summed E-state index contributed by atoms with van der Waals surface area (Å²) in [6.07, 6.45) is 2.08. The van der Waals surface area contributed by atoms with Crippen molar-refractivity contribution < 1.29 is 14.3 Å². The number of hydrogen-bond acceptors (Lipinski definition) is 9. The first-order valence-electron chi connectivity index (χ1n) is 10.1. The van der Waals surface area contributed by atoms with Crippen molar-refractivity contribution in [1.29, 1.82) is 0 Å². The molecule has 2 N–H and O–H groups in total. The summed E-state index contributed by atoms with van der Waals surface area (Å²) in [6, 6.07) is 21.7. The minimum atomic E-state index is 0.152. The van der Waals surface area contributed by atoms with E-state index < -0.39 is 0 Å². The molecule has 0 aliphatic rings. The molecule has 0 spiro atoms. The lowest BCUT2D eigenvalue weighted by Crippen LogP contribution is -2.03. The van der Waals surface area contributed by atoms with E-state index in [4.69, 9.17) is 25.0 Å². The second-order valence-corrected chi connectivity index (χ2v) is 7.05. The molecule has 0 aliphatic carbocycles. The summed E-state index contributed by atoms with van der Waals surface area (Å²) in [7, 11) is 1.60. The average molecular weight is 453 g/mol. The molecule has 0 aliphatic heterocycles. The molecule has 0 fully saturated rings. The van der Waals surface area contributed by atoms with Gasteiger partial charge in [-0.1, -0.05) is 53.7 Å². The average Bonchev–Trinajstić information content (AvgIpc) is 3.32. The number of ether oxygens (including phenoxy) is 1. The lowest BCUT2D eigenvalue weighted by atomic mass is 10.1. The Balaban J connectivity index is 0.000000868. The van der Waals surface area contributed by atoms with Crippen LogP contribution in [0.4, 0.5) is 5.95 Å². The van der Waals surface area contributed by atoms with E-state index in [-0.39, 0.29) is 12.1 Å². The van der Waals surface area contributed by atoms with E-state index in [9.17, 15) is 0 Å². The number of nitrogens with zero attached hydrogens (tertiary/aromatic N) is 6. The van der Waals surface area contributed by atoms with Gasteiger partial charge in [-0.05, 0) is 18.2 Å². The maximum Gasteiger partial charge on any atom is 0.373 e. The lowest BCUT2D eigenvalue weighted by Gasteiger charge is -2.07. The molecule has 10 nitrogen and oxygen atoms in total. The van der Waals surface area contributed by atoms with Gasteiger partial charge in [0.25, 0.3) is 0 Å². The van der Waals surface area contributed by atoms with Crippen LogP contribution < -0.4 is 10.5 Å². The normalized spacial score (nSPS) is 10.3. The van der Waals surface area contributed by atoms with Gasteiger partial charge in [-0.2, -0.15) is 9.59 Å². The molecule has 5 aromatic rings. The number of benzene rings is 2. The van der Waals surface area contributed by atoms with Gasteiger partial charge in [0.1, 0.15) is 22.7 Å². The zero-order chi connectivity index (χ0) is 23.9. The SMILES string of the molecule is COc1cccc2c(-c3cn(Cc4cccc(-c5ccccc5)n4)nn3)nc(N)nc12.O=C=O. The van der Waals surface area contributed by atoms with E-state index in [1.165, 1.54) is 0 Å². The lowest BCUT2D eigenvalue weighted by molar-refractivity contribution is -0.191. The summed E-state index contributed by atoms with van der Waals surface area (Å²) in [6.45, 7) is 0.482. The quantitative estimate of drug-likeness (QED) is 0.425. The Labute approximate surface area is 194 Å². The third kappa shape index (κ3) is 4.77. The fourth-order valence-corrected chi connectivity index (χ4v) is 3.49. The number of nitrogen functional groups attached to an aromatic ring is 1. The van der Waals surface area contributed by atoms with Crippen LogP contribution in [0.3, 0.4) is 0 Å². The van der Waals surface area contributed by atoms with E-state index in [1.807, 2.05) is 72.9 Å². The minimum absolute atomic E-state index is 0.152. The van der Waals surface area contributed by atoms with E-state index in [2.05, 4.69) is 20.3 Å². The van der Waals surface area contributed by atoms with Crippen molar-refractivity contribution in [3.63, 3.8) is 0 Å². The summed E-state index contributed by atoms with van der Waals surface area (Å²) in [4.78, 5) is 29.7. The number of fused-ring (bicyclic) bond motifs is 1. The Kier molecular flexibility index (Phi) is 6.62. The van der Waals surface area contributed by atoms with Gasteiger partial charge in [-0.3, -0.25) is 4.98 Å². The second-order valence-electron chi connectivity index (χ2n) is 7.05. The highest BCUT2D eigenvalue weighted by atomic mass is 16.5. The first-order valence-corrected chi connectivity index (χ1v) is 10.1. The van der Waals surface area contributed by atoms with E-state index >= 15 is 0 Å². The Morgan fingerprint density at radius 1 is 0.912 bits per heavy atom. The molecule has 2 aromatic carbocycles. The number of carbonyl (C=O) groups excluding carboxylic acids is 2. The molecule has 0 unspecified atom stereocenters. The first-order chi connectivity index (χ1) is 16.6. The highest BCUT2D eigenvalue weighted by Crippen LogP contribution is 2.30. The molecule has 0 saturated carbocycles. The molecule has 0 amide bonds. The minimum Gasteiger partial charge on any atom is -0.494 e. The highest BCUT2D eigenvalue weighted by Gasteiger charge is 2.15. The van der Waals surface area contributed by atoms with Crippen molar-refractivity contribution in [3.8, 4) is 28.4 Å². The topological polar surface area (TPSA) is 139 Å². The zero-order valence-corrected chi connectivity index (χ0v) is 18.1. The smallest absolute Gasteiger partial charge is 0.373 e. The molecule has 3 aromatic heterocycles. The first kappa shape index (κ1) is 22.3. The number of rotatable bonds is 5. The van der Waals surface area contributed by atoms with Crippen LogP contribution in [0.1, 0.15) is 5.69 Å². The van der Waals surface area contributed by atoms with Crippen molar-refractivity contribution in [2.24, 2.45) is 0 Å². The zero-order valence-electron chi connectivity index (χ0n) is 18.1. The van der Waals surface area contributed by atoms with Crippen LogP contribution in [0.15, 0.2) is 72.9 Å². The molecule has 34 heavy (non-hydrogen) atoms. The van der Waals surface area contributed by atoms with Crippen LogP contribution in [0.25, 0.3) is 33.5 Å². The fraction of sp³-hybridized carbons (Fsp3) is 0.0833. The van der Waals surface area contributed by atoms with Gasteiger partial charge in [0.2, 0.25) is 5.95 Å². The number of para-hydroxylation sites is 1. The van der Waals surface area contributed by atoms with Gasteiger partial charge in [-0.15, -0.1) is 5.10 Å². The molecule has 0 atom stereocenters. The van der Waals surface area contributed by atoms with Crippen molar-refractivity contribution in [3.05, 3.63) is 78.6 Å². The Morgan fingerprint density at radius 2 is 1.68 bits per heavy atom. The summed E-state index contributed by atoms with van der Waals surface area (Å²) < 4.78 is 7.14. The van der Waals surface area contributed by atoms with Gasteiger partial charge >= 0.3 is 6.15 Å². The Bertz CT molecular complexity index is 1460. The maximum absolute atomic E-state index is 8.12. The highest BCUT2D eigenvalue weighted by molar-refractivity contribution is 5.95. The van der Waals surface area contributed by atoms with Crippen molar-refractivity contribution in [1.82, 2.24) is 29.9 Å². The van der Waals surface area contributed by atoms with Gasteiger partial charge in [0.15, 0.2) is 0 Å². The number of aromatic nitrogens is 6. The number of methoxy groups -OCH3 is 1. The molecule has 0 radical (unpaired) electrons. The molecule has 5 rings (SSSR count). The predicted octanol–water partition coefficient (Wildman–Crippen LogP) is 3.01. The number of nitrogens with two attached hydrogens (primary N) is 1. The number of pyridine rings is 1. The van der Waals surface area contributed by atoms with Gasteiger partial charge < -0.3 is 10.5 Å². The van der Waals surface area contributed by atoms with Crippen molar-refractivity contribution in [2.75, 3.05) is 12.8 Å². The molecule has 168 valence electrons. The molecule has 10 heteroatoms. The summed E-state index contributed by atoms with van der Waals surface area (Å²) in [5.41, 5.74) is 10.7. The van der Waals surface area contributed by atoms with Gasteiger partial charge in [0.05, 0.1) is 31.2 Å². The van der Waals surface area contributed by atoms with Crippen LogP contribution in [-0.2, 0) is 16.1 Å². The van der Waals surface area contributed by atoms with E-state index in [0.29, 0.717) is 29.2 Å². The molecule has 3 heterocycles. The maximum atomic E-state index is 8.12. The van der Waals surface area contributed by atoms with Crippen LogP contribution in [-0.4, -0.2) is 43.2 Å². The number of anilines is 1. The van der Waals surface area contributed by atoms with Crippen molar-refractivity contribution in [2.45, 2.75) is 6.54 Å². The molecular weight excluding hydrogens is 434 g/mol. The van der Waals surface area contributed by atoms with E-state index in [0.717, 1.165) is 22.3 Å². The molecule has 0 bridgehead atoms. The summed E-state index contributed by atoms with van der Waals surface area (Å²) in [5, 5.41) is 9.37. The molecular formula is C24H19N7O3. The van der Waals surface area contributed by atoms with Gasteiger partial charge in [-0.25, -0.2) is 14.6 Å².